The number of aromatic amines is 1. The van der Waals surface area contributed by atoms with Crippen LogP contribution in [0.15, 0.2) is 66.7 Å². The van der Waals surface area contributed by atoms with Crippen molar-refractivity contribution in [1.29, 1.82) is 0 Å². The second kappa shape index (κ2) is 9.58. The molecule has 6 heteroatoms. The summed E-state index contributed by atoms with van der Waals surface area (Å²) in [5, 5.41) is 9.77. The summed E-state index contributed by atoms with van der Waals surface area (Å²) in [5.41, 5.74) is 2.96. The summed E-state index contributed by atoms with van der Waals surface area (Å²) in [6.07, 6.45) is 6.64. The molecule has 0 saturated carbocycles. The summed E-state index contributed by atoms with van der Waals surface area (Å²) >= 11 is 0. The maximum atomic E-state index is 13.2. The van der Waals surface area contributed by atoms with E-state index in [0.29, 0.717) is 29.0 Å². The Kier molecular flexibility index (Phi) is 6.67. The van der Waals surface area contributed by atoms with Crippen LogP contribution in [0.3, 0.4) is 0 Å². The first-order chi connectivity index (χ1) is 14.1. The van der Waals surface area contributed by atoms with Crippen molar-refractivity contribution in [1.82, 2.24) is 14.9 Å². The first-order valence-corrected chi connectivity index (χ1v) is 9.17. The Bertz CT molecular complexity index is 1090. The quantitative estimate of drug-likeness (QED) is 0.381. The van der Waals surface area contributed by atoms with Gasteiger partial charge in [-0.2, -0.15) is 0 Å². The van der Waals surface area contributed by atoms with Crippen LogP contribution in [0, 0.1) is 17.7 Å². The Morgan fingerprint density at radius 1 is 1.28 bits per heavy atom. The number of H-pyrrole nitrogens is 1. The molecule has 0 bridgehead atoms. The number of nitrogens with zero attached hydrogens (tertiary/aromatic N) is 2. The molecule has 0 spiro atoms. The molecule has 5 nitrogen and oxygen atoms in total. The van der Waals surface area contributed by atoms with Crippen LogP contribution in [0.1, 0.15) is 18.2 Å². The van der Waals surface area contributed by atoms with Crippen molar-refractivity contribution >= 4 is 11.0 Å². The molecule has 29 heavy (non-hydrogen) atoms. The lowest BCUT2D eigenvalue weighted by Gasteiger charge is -2.18. The van der Waals surface area contributed by atoms with Crippen molar-refractivity contribution in [3.63, 3.8) is 0 Å². The summed E-state index contributed by atoms with van der Waals surface area (Å²) in [7, 11) is 1.89. The summed E-state index contributed by atoms with van der Waals surface area (Å²) in [6, 6.07) is 10.6. The van der Waals surface area contributed by atoms with Crippen molar-refractivity contribution in [3.8, 4) is 17.6 Å². The summed E-state index contributed by atoms with van der Waals surface area (Å²) in [4.78, 5) is 8.96. The van der Waals surface area contributed by atoms with E-state index in [1.165, 1.54) is 12.3 Å². The second-order valence-electron chi connectivity index (χ2n) is 6.35. The third-order valence-corrected chi connectivity index (χ3v) is 4.16. The van der Waals surface area contributed by atoms with Gasteiger partial charge in [-0.15, -0.1) is 0 Å². The second-order valence-corrected chi connectivity index (χ2v) is 6.35. The molecule has 0 saturated heterocycles. The van der Waals surface area contributed by atoms with Gasteiger partial charge in [0.25, 0.3) is 0 Å². The maximum Gasteiger partial charge on any atom is 0.142 e. The Hall–Kier alpha value is -3.56. The van der Waals surface area contributed by atoms with E-state index in [9.17, 15) is 4.39 Å². The zero-order chi connectivity index (χ0) is 20.6. The van der Waals surface area contributed by atoms with E-state index in [1.54, 1.807) is 12.3 Å². The van der Waals surface area contributed by atoms with Gasteiger partial charge in [-0.25, -0.2) is 9.37 Å². The number of benzene rings is 1. The summed E-state index contributed by atoms with van der Waals surface area (Å²) in [5.74, 6) is 6.39. The fourth-order valence-electron chi connectivity index (χ4n) is 2.65. The largest absolute Gasteiger partial charge is 0.463 e. The zero-order valence-corrected chi connectivity index (χ0v) is 16.3. The number of nitrogens with one attached hydrogen (secondary N) is 1. The van der Waals surface area contributed by atoms with Gasteiger partial charge in [0.05, 0.1) is 24.2 Å². The number of hydrogen-bond acceptors (Lipinski definition) is 4. The number of rotatable bonds is 6. The lowest BCUT2D eigenvalue weighted by molar-refractivity contribution is 0.246. The van der Waals surface area contributed by atoms with Gasteiger partial charge in [0.15, 0.2) is 0 Å². The van der Waals surface area contributed by atoms with Crippen molar-refractivity contribution in [2.45, 2.75) is 6.92 Å². The van der Waals surface area contributed by atoms with Crippen LogP contribution < -0.4 is 4.74 Å². The van der Waals surface area contributed by atoms with E-state index in [-0.39, 0.29) is 12.4 Å². The number of aliphatic hydroxyl groups excluding tert-OH is 1. The molecule has 0 fully saturated rings. The molecule has 0 aliphatic carbocycles. The fraction of sp³-hybridized carbons (Fsp3) is 0.174. The van der Waals surface area contributed by atoms with Gasteiger partial charge in [0.1, 0.15) is 23.5 Å². The zero-order valence-electron chi connectivity index (χ0n) is 16.3. The summed E-state index contributed by atoms with van der Waals surface area (Å²) in [6.45, 7) is 2.51. The highest BCUT2D eigenvalue weighted by atomic mass is 19.1. The van der Waals surface area contributed by atoms with Gasteiger partial charge in [0, 0.05) is 24.5 Å². The van der Waals surface area contributed by atoms with E-state index in [1.807, 2.05) is 55.3 Å². The Morgan fingerprint density at radius 3 is 2.79 bits per heavy atom. The molecule has 0 atom stereocenters. The highest BCUT2D eigenvalue weighted by Crippen LogP contribution is 2.15. The Morgan fingerprint density at radius 2 is 2.07 bits per heavy atom. The van der Waals surface area contributed by atoms with Crippen molar-refractivity contribution in [2.24, 2.45) is 0 Å². The summed E-state index contributed by atoms with van der Waals surface area (Å²) < 4.78 is 18.9. The minimum Gasteiger partial charge on any atom is -0.463 e. The molecule has 3 aromatic rings. The van der Waals surface area contributed by atoms with Crippen LogP contribution in [0.5, 0.6) is 5.75 Å². The van der Waals surface area contributed by atoms with Crippen LogP contribution in [-0.4, -0.2) is 40.2 Å². The average Bonchev–Trinajstić information content (AvgIpc) is 3.12. The number of fused-ring (bicyclic) bond motifs is 1. The molecule has 0 aliphatic rings. The number of aromatic nitrogens is 2. The van der Waals surface area contributed by atoms with Gasteiger partial charge in [0.2, 0.25) is 0 Å². The van der Waals surface area contributed by atoms with Gasteiger partial charge < -0.3 is 19.7 Å². The van der Waals surface area contributed by atoms with Crippen LogP contribution in [0.2, 0.25) is 0 Å². The molecule has 0 radical (unpaired) electrons. The van der Waals surface area contributed by atoms with E-state index in [2.05, 4.69) is 21.8 Å². The predicted octanol–water partition coefficient (Wildman–Crippen LogP) is 3.82. The molecular formula is C23H22FN3O2. The third-order valence-electron chi connectivity index (χ3n) is 4.16. The topological polar surface area (TPSA) is 61.4 Å². The van der Waals surface area contributed by atoms with Crippen LogP contribution in [0.4, 0.5) is 4.39 Å². The smallest absolute Gasteiger partial charge is 0.142 e. The third kappa shape index (κ3) is 5.47. The number of halogens is 1. The molecule has 148 valence electrons. The SMILES string of the molecule is C/C=C\C(=C/Oc1ccc(C#Cc2cc3cc(F)cnc3[nH]2)cc1)N(C)CCO. The van der Waals surface area contributed by atoms with Crippen LogP contribution >= 0.6 is 0 Å². The first kappa shape index (κ1) is 20.2. The highest BCUT2D eigenvalue weighted by Gasteiger charge is 2.02. The molecule has 2 aromatic heterocycles. The average molecular weight is 391 g/mol. The highest BCUT2D eigenvalue weighted by molar-refractivity contribution is 5.77. The molecule has 3 rings (SSSR count). The number of likely N-dealkylation sites (N-methyl/N-ethyl adjacent to an activating group) is 1. The van der Waals surface area contributed by atoms with Gasteiger partial charge in [-0.1, -0.05) is 12.0 Å². The Labute approximate surface area is 169 Å². The van der Waals surface area contributed by atoms with Gasteiger partial charge in [-0.3, -0.25) is 0 Å². The Balaban J connectivity index is 1.70. The molecule has 2 heterocycles. The van der Waals surface area contributed by atoms with E-state index >= 15 is 0 Å². The molecule has 1 aromatic carbocycles. The first-order valence-electron chi connectivity index (χ1n) is 9.17. The van der Waals surface area contributed by atoms with Crippen molar-refractivity contribution in [3.05, 3.63) is 83.8 Å². The molecular weight excluding hydrogens is 369 g/mol. The van der Waals surface area contributed by atoms with E-state index in [4.69, 9.17) is 9.84 Å². The lowest BCUT2D eigenvalue weighted by atomic mass is 10.2. The van der Waals surface area contributed by atoms with E-state index in [0.717, 1.165) is 11.3 Å². The van der Waals surface area contributed by atoms with Crippen molar-refractivity contribution in [2.75, 3.05) is 20.2 Å². The standard InChI is InChI=1S/C23H22FN3O2/c1-3-4-21(27(2)11-12-28)16-29-22-9-6-17(7-10-22)5-8-20-14-18-13-19(24)15-25-23(18)26-20/h3-4,6-7,9-10,13-16,28H,11-12H2,1-2H3,(H,25,26)/b4-3-,21-16+. The maximum absolute atomic E-state index is 13.2. The van der Waals surface area contributed by atoms with E-state index < -0.39 is 0 Å². The number of hydrogen-bond donors (Lipinski definition) is 2. The van der Waals surface area contributed by atoms with Crippen molar-refractivity contribution < 1.29 is 14.2 Å². The minimum absolute atomic E-state index is 0.0696. The fourth-order valence-corrected chi connectivity index (χ4v) is 2.65. The predicted molar refractivity (Wildman–Crippen MR) is 112 cm³/mol. The van der Waals surface area contributed by atoms with Gasteiger partial charge >= 0.3 is 0 Å². The minimum atomic E-state index is -0.374. The lowest BCUT2D eigenvalue weighted by Crippen LogP contribution is -2.21. The molecule has 0 amide bonds. The number of aliphatic hydroxyl groups is 1. The van der Waals surface area contributed by atoms with Crippen LogP contribution in [0.25, 0.3) is 11.0 Å². The number of pyridine rings is 1. The number of allylic oxidation sites excluding steroid dienone is 2. The normalized spacial score (nSPS) is 11.5. The van der Waals surface area contributed by atoms with Gasteiger partial charge in [-0.05, 0) is 55.3 Å². The number of ether oxygens (including phenoxy) is 1. The van der Waals surface area contributed by atoms with Crippen LogP contribution in [-0.2, 0) is 0 Å². The molecule has 0 unspecified atom stereocenters. The monoisotopic (exact) mass is 391 g/mol. The molecule has 2 N–H and O–H groups in total. The molecule has 0 aliphatic heterocycles.